The minimum absolute atomic E-state index is 0.00429. The van der Waals surface area contributed by atoms with Crippen molar-refractivity contribution in [2.75, 3.05) is 18.4 Å². The van der Waals surface area contributed by atoms with Gasteiger partial charge in [0.1, 0.15) is 6.54 Å². The zero-order chi connectivity index (χ0) is 28.9. The van der Waals surface area contributed by atoms with Crippen LogP contribution in [-0.4, -0.2) is 38.9 Å². The van der Waals surface area contributed by atoms with E-state index in [4.69, 9.17) is 0 Å². The van der Waals surface area contributed by atoms with Gasteiger partial charge in [0.05, 0.1) is 10.9 Å². The van der Waals surface area contributed by atoms with Gasteiger partial charge in [0.2, 0.25) is 11.8 Å². The van der Waals surface area contributed by atoms with Gasteiger partial charge in [-0.1, -0.05) is 66.2 Å². The summed E-state index contributed by atoms with van der Waals surface area (Å²) in [6, 6.07) is 22.7. The summed E-state index contributed by atoms with van der Waals surface area (Å²) < 4.78 is 2.47. The molecule has 1 aliphatic heterocycles. The van der Waals surface area contributed by atoms with Crippen LogP contribution in [0, 0.1) is 13.8 Å². The number of aryl methyl sites for hydroxylation is 2. The molecule has 41 heavy (non-hydrogen) atoms. The minimum Gasteiger partial charge on any atom is -0.339 e. The van der Waals surface area contributed by atoms with E-state index < -0.39 is 11.2 Å². The molecule has 2 amide bonds. The monoisotopic (exact) mass is 550 g/mol. The second-order valence-corrected chi connectivity index (χ2v) is 10.5. The Kier molecular flexibility index (Phi) is 8.29. The lowest BCUT2D eigenvalue weighted by Crippen LogP contribution is -2.42. The average molecular weight is 551 g/mol. The molecule has 0 radical (unpaired) electrons. The van der Waals surface area contributed by atoms with E-state index in [1.54, 1.807) is 24.3 Å². The van der Waals surface area contributed by atoms with Gasteiger partial charge in [-0.05, 0) is 61.6 Å². The van der Waals surface area contributed by atoms with Crippen LogP contribution in [-0.2, 0) is 22.7 Å². The normalized spacial score (nSPS) is 13.2. The van der Waals surface area contributed by atoms with E-state index in [1.807, 2.05) is 55.1 Å². The molecule has 8 nitrogen and oxygen atoms in total. The molecule has 5 rings (SSSR count). The van der Waals surface area contributed by atoms with Crippen LogP contribution in [0.1, 0.15) is 36.0 Å². The molecule has 0 bridgehead atoms. The largest absolute Gasteiger partial charge is 0.339 e. The number of fused-ring (bicyclic) bond motifs is 1. The van der Waals surface area contributed by atoms with E-state index in [-0.39, 0.29) is 31.3 Å². The van der Waals surface area contributed by atoms with Crippen molar-refractivity contribution in [3.05, 3.63) is 116 Å². The van der Waals surface area contributed by atoms with Gasteiger partial charge in [0, 0.05) is 31.7 Å². The molecule has 4 aromatic rings. The fourth-order valence-electron chi connectivity index (χ4n) is 5.36. The first-order valence-electron chi connectivity index (χ1n) is 13.9. The number of nitrogens with zero attached hydrogens (tertiary/aromatic N) is 3. The molecule has 210 valence electrons. The third kappa shape index (κ3) is 6.22. The average Bonchev–Trinajstić information content (AvgIpc) is 2.99. The highest BCUT2D eigenvalue weighted by molar-refractivity contribution is 5.92. The van der Waals surface area contributed by atoms with E-state index in [0.717, 1.165) is 22.1 Å². The van der Waals surface area contributed by atoms with Crippen molar-refractivity contribution in [1.82, 2.24) is 14.0 Å². The van der Waals surface area contributed by atoms with Crippen molar-refractivity contribution < 1.29 is 9.59 Å². The second-order valence-electron chi connectivity index (χ2n) is 10.5. The van der Waals surface area contributed by atoms with Crippen molar-refractivity contribution in [2.24, 2.45) is 0 Å². The quantitative estimate of drug-likeness (QED) is 0.349. The maximum atomic E-state index is 13.5. The Hall–Kier alpha value is -4.72. The van der Waals surface area contributed by atoms with Gasteiger partial charge >= 0.3 is 5.69 Å². The van der Waals surface area contributed by atoms with Gasteiger partial charge in [0.25, 0.3) is 5.56 Å². The molecule has 0 aliphatic carbocycles. The summed E-state index contributed by atoms with van der Waals surface area (Å²) in [6.07, 6.45) is 3.44. The van der Waals surface area contributed by atoms with E-state index in [0.29, 0.717) is 36.1 Å². The molecule has 0 fully saturated rings. The Balaban J connectivity index is 1.29. The summed E-state index contributed by atoms with van der Waals surface area (Å²) in [4.78, 5) is 54.5. The van der Waals surface area contributed by atoms with Gasteiger partial charge in [0.15, 0.2) is 0 Å². The first-order valence-corrected chi connectivity index (χ1v) is 13.9. The van der Waals surface area contributed by atoms with Crippen molar-refractivity contribution in [3.8, 4) is 0 Å². The summed E-state index contributed by atoms with van der Waals surface area (Å²) in [5, 5.41) is 3.23. The van der Waals surface area contributed by atoms with Crippen LogP contribution >= 0.6 is 0 Å². The Morgan fingerprint density at radius 3 is 2.39 bits per heavy atom. The number of carbonyl (C=O) groups excluding carboxylic acids is 2. The van der Waals surface area contributed by atoms with Crippen LogP contribution in [0.4, 0.5) is 5.69 Å². The number of benzene rings is 3. The summed E-state index contributed by atoms with van der Waals surface area (Å²) in [6.45, 7) is 4.92. The molecular formula is C33H34N4O4. The SMILES string of the molecule is Cc1ccc(NC(=O)Cn2c(=O)n(CCCC(=O)N3CC=C(c4ccccc4)CC3)c(=O)c3ccccc32)c(C)c1. The molecule has 0 spiro atoms. The topological polar surface area (TPSA) is 93.4 Å². The fraction of sp³-hybridized carbons (Fsp3) is 0.273. The maximum Gasteiger partial charge on any atom is 0.331 e. The molecule has 1 N–H and O–H groups in total. The van der Waals surface area contributed by atoms with Crippen molar-refractivity contribution in [3.63, 3.8) is 0 Å². The van der Waals surface area contributed by atoms with Crippen molar-refractivity contribution in [2.45, 2.75) is 46.2 Å². The van der Waals surface area contributed by atoms with Gasteiger partial charge < -0.3 is 10.2 Å². The number of nitrogens with one attached hydrogen (secondary N) is 1. The van der Waals surface area contributed by atoms with Crippen LogP contribution in [0.5, 0.6) is 0 Å². The number of rotatable bonds is 8. The first-order chi connectivity index (χ1) is 19.8. The number of aromatic nitrogens is 2. The van der Waals surface area contributed by atoms with E-state index in [2.05, 4.69) is 23.5 Å². The lowest BCUT2D eigenvalue weighted by Gasteiger charge is -2.27. The maximum absolute atomic E-state index is 13.5. The summed E-state index contributed by atoms with van der Waals surface area (Å²) in [5.74, 6) is -0.368. The molecule has 1 aromatic heterocycles. The molecular weight excluding hydrogens is 516 g/mol. The van der Waals surface area contributed by atoms with Crippen LogP contribution in [0.2, 0.25) is 0 Å². The van der Waals surface area contributed by atoms with Crippen LogP contribution in [0.3, 0.4) is 0 Å². The number of amides is 2. The standard InChI is InChI=1S/C33H34N4O4/c1-23-14-15-28(24(2)21-23)34-30(38)22-37-29-12-7-6-11-27(29)32(40)36(33(37)41)18-8-13-31(39)35-19-16-26(17-20-35)25-9-4-3-5-10-25/h3-7,9-12,14-16,21H,8,13,17-20,22H2,1-2H3,(H,34,38). The number of carbonyl (C=O) groups is 2. The Morgan fingerprint density at radius 2 is 1.66 bits per heavy atom. The van der Waals surface area contributed by atoms with E-state index in [1.165, 1.54) is 15.7 Å². The highest BCUT2D eigenvalue weighted by Gasteiger charge is 2.19. The molecule has 0 unspecified atom stereocenters. The molecule has 8 heteroatoms. The predicted octanol–water partition coefficient (Wildman–Crippen LogP) is 4.51. The van der Waals surface area contributed by atoms with E-state index >= 15 is 0 Å². The van der Waals surface area contributed by atoms with Gasteiger partial charge in [-0.15, -0.1) is 0 Å². The fourth-order valence-corrected chi connectivity index (χ4v) is 5.36. The highest BCUT2D eigenvalue weighted by Crippen LogP contribution is 2.22. The van der Waals surface area contributed by atoms with Crippen LogP contribution in [0.15, 0.2) is 88.5 Å². The molecule has 0 saturated heterocycles. The molecule has 0 saturated carbocycles. The number of hydrogen-bond donors (Lipinski definition) is 1. The van der Waals surface area contributed by atoms with Gasteiger partial charge in [-0.25, -0.2) is 4.79 Å². The zero-order valence-corrected chi connectivity index (χ0v) is 23.4. The molecule has 1 aliphatic rings. The third-order valence-electron chi connectivity index (χ3n) is 7.57. The van der Waals surface area contributed by atoms with Crippen LogP contribution < -0.4 is 16.6 Å². The van der Waals surface area contributed by atoms with Gasteiger partial charge in [-0.2, -0.15) is 0 Å². The number of para-hydroxylation sites is 1. The summed E-state index contributed by atoms with van der Waals surface area (Å²) in [7, 11) is 0. The lowest BCUT2D eigenvalue weighted by atomic mass is 9.99. The third-order valence-corrected chi connectivity index (χ3v) is 7.57. The lowest BCUT2D eigenvalue weighted by molar-refractivity contribution is -0.130. The van der Waals surface area contributed by atoms with E-state index in [9.17, 15) is 19.2 Å². The number of hydrogen-bond acceptors (Lipinski definition) is 4. The summed E-state index contributed by atoms with van der Waals surface area (Å²) >= 11 is 0. The molecule has 0 atom stereocenters. The molecule has 2 heterocycles. The first kappa shape index (κ1) is 27.8. The Morgan fingerprint density at radius 1 is 0.902 bits per heavy atom. The molecule has 3 aromatic carbocycles. The smallest absolute Gasteiger partial charge is 0.331 e. The van der Waals surface area contributed by atoms with Crippen LogP contribution in [0.25, 0.3) is 16.5 Å². The second kappa shape index (κ2) is 12.2. The van der Waals surface area contributed by atoms with Crippen molar-refractivity contribution >= 4 is 34.0 Å². The predicted molar refractivity (Wildman–Crippen MR) is 162 cm³/mol. The minimum atomic E-state index is -0.565. The van der Waals surface area contributed by atoms with Crippen molar-refractivity contribution in [1.29, 1.82) is 0 Å². The Labute approximate surface area is 238 Å². The van der Waals surface area contributed by atoms with Gasteiger partial charge in [-0.3, -0.25) is 23.5 Å². The highest BCUT2D eigenvalue weighted by atomic mass is 16.2. The summed E-state index contributed by atoms with van der Waals surface area (Å²) in [5.41, 5.74) is 4.51. The Bertz CT molecular complexity index is 1750. The zero-order valence-electron chi connectivity index (χ0n) is 23.4. The number of anilines is 1.